The van der Waals surface area contributed by atoms with Gasteiger partial charge >= 0.3 is 12.3 Å². The van der Waals surface area contributed by atoms with Gasteiger partial charge in [-0.2, -0.15) is 13.2 Å². The van der Waals surface area contributed by atoms with Crippen LogP contribution in [0.4, 0.5) is 23.7 Å². The minimum Gasteiger partial charge on any atom is -0.450 e. The SMILES string of the molecule is C[C@H]([C@H](C(=O)Nc1cccc(CC2CC2)c1)c1ccc(CN2Cc3ccccc3C2=O)cc1)C(F)(F)F.O=C(O)O. The lowest BCUT2D eigenvalue weighted by Gasteiger charge is -2.26. The summed E-state index contributed by atoms with van der Waals surface area (Å²) >= 11 is 0. The second kappa shape index (κ2) is 12.4. The number of nitrogens with one attached hydrogen (secondary N) is 1. The normalized spacial score (nSPS) is 15.8. The Bertz CT molecular complexity index is 1400. The maximum absolute atomic E-state index is 13.8. The van der Waals surface area contributed by atoms with Crippen LogP contribution in [-0.2, 0) is 24.3 Å². The first-order valence-corrected chi connectivity index (χ1v) is 13.3. The smallest absolute Gasteiger partial charge is 0.450 e. The summed E-state index contributed by atoms with van der Waals surface area (Å²) < 4.78 is 41.4. The van der Waals surface area contributed by atoms with Gasteiger partial charge in [0.25, 0.3) is 5.91 Å². The van der Waals surface area contributed by atoms with Crippen molar-refractivity contribution in [2.75, 3.05) is 5.32 Å². The Balaban J connectivity index is 0.000000909. The van der Waals surface area contributed by atoms with Crippen molar-refractivity contribution in [1.29, 1.82) is 0 Å². The van der Waals surface area contributed by atoms with Gasteiger partial charge in [0.2, 0.25) is 5.91 Å². The van der Waals surface area contributed by atoms with E-state index >= 15 is 0 Å². The molecule has 41 heavy (non-hydrogen) atoms. The molecule has 0 spiro atoms. The summed E-state index contributed by atoms with van der Waals surface area (Å²) in [7, 11) is 0. The maximum Gasteiger partial charge on any atom is 0.503 e. The molecule has 0 aromatic heterocycles. The molecular weight excluding hydrogens is 537 g/mol. The lowest BCUT2D eigenvalue weighted by molar-refractivity contribution is -0.178. The molecule has 0 saturated heterocycles. The van der Waals surface area contributed by atoms with Crippen molar-refractivity contribution in [2.45, 2.75) is 51.4 Å². The fraction of sp³-hybridized carbons (Fsp3) is 0.323. The van der Waals surface area contributed by atoms with Gasteiger partial charge in [0.05, 0.1) is 11.8 Å². The zero-order valence-electron chi connectivity index (χ0n) is 22.4. The number of nitrogens with zero attached hydrogens (tertiary/aromatic N) is 1. The van der Waals surface area contributed by atoms with Crippen LogP contribution in [0.15, 0.2) is 72.8 Å². The van der Waals surface area contributed by atoms with Gasteiger partial charge in [0, 0.05) is 24.3 Å². The summed E-state index contributed by atoms with van der Waals surface area (Å²) in [6.07, 6.45) is -3.08. The Morgan fingerprint density at radius 1 is 0.976 bits per heavy atom. The molecule has 1 aliphatic heterocycles. The Morgan fingerprint density at radius 3 is 2.24 bits per heavy atom. The summed E-state index contributed by atoms with van der Waals surface area (Å²) in [5.74, 6) is -3.37. The number of carboxylic acid groups (broad SMARTS) is 2. The van der Waals surface area contributed by atoms with Crippen LogP contribution < -0.4 is 5.32 Å². The lowest BCUT2D eigenvalue weighted by Crippen LogP contribution is -2.34. The third-order valence-corrected chi connectivity index (χ3v) is 7.32. The van der Waals surface area contributed by atoms with Gasteiger partial charge in [-0.25, -0.2) is 4.79 Å². The molecule has 5 rings (SSSR count). The fourth-order valence-electron chi connectivity index (χ4n) is 5.00. The molecule has 3 N–H and O–H groups in total. The first-order chi connectivity index (χ1) is 19.4. The van der Waals surface area contributed by atoms with Crippen LogP contribution in [0, 0.1) is 11.8 Å². The molecule has 7 nitrogen and oxygen atoms in total. The van der Waals surface area contributed by atoms with Gasteiger partial charge in [0.15, 0.2) is 0 Å². The lowest BCUT2D eigenvalue weighted by atomic mass is 9.85. The van der Waals surface area contributed by atoms with Crippen molar-refractivity contribution >= 4 is 23.7 Å². The second-order valence-corrected chi connectivity index (χ2v) is 10.5. The molecule has 2 atom stereocenters. The van der Waals surface area contributed by atoms with Crippen LogP contribution in [0.2, 0.25) is 0 Å². The standard InChI is InChI=1S/C30H29F3N2O2.CH2O3/c1-19(30(31,32)33)27(28(36)34-25-7-4-5-22(16-25)15-20-9-10-20)23-13-11-21(12-14-23)17-35-18-24-6-2-3-8-26(24)29(35)37;2-1(3)4/h2-8,11-14,16,19-20,27H,9-10,15,17-18H2,1H3,(H,34,36);(H2,2,3,4)/t19-,27+;/m1./s1. The average Bonchev–Trinajstić information content (AvgIpc) is 3.67. The van der Waals surface area contributed by atoms with E-state index in [4.69, 9.17) is 15.0 Å². The van der Waals surface area contributed by atoms with Crippen LogP contribution >= 0.6 is 0 Å². The number of carbonyl (C=O) groups is 3. The van der Waals surface area contributed by atoms with E-state index < -0.39 is 30.1 Å². The average molecular weight is 569 g/mol. The minimum absolute atomic E-state index is 0.0634. The number of anilines is 1. The van der Waals surface area contributed by atoms with Crippen molar-refractivity contribution in [3.05, 3.63) is 101 Å². The number of alkyl halides is 3. The zero-order valence-corrected chi connectivity index (χ0v) is 22.4. The number of carbonyl (C=O) groups excluding carboxylic acids is 2. The van der Waals surface area contributed by atoms with Crippen molar-refractivity contribution in [1.82, 2.24) is 4.90 Å². The van der Waals surface area contributed by atoms with Gasteiger partial charge < -0.3 is 20.4 Å². The molecule has 2 amide bonds. The van der Waals surface area contributed by atoms with Gasteiger partial charge in [-0.3, -0.25) is 9.59 Å². The van der Waals surface area contributed by atoms with Crippen molar-refractivity contribution in [3.8, 4) is 0 Å². The third kappa shape index (κ3) is 7.87. The molecule has 0 unspecified atom stereocenters. The molecule has 3 aromatic rings. The molecule has 0 radical (unpaired) electrons. The molecular formula is C31H31F3N2O5. The predicted octanol–water partition coefficient (Wildman–Crippen LogP) is 6.94. The molecule has 3 aromatic carbocycles. The van der Waals surface area contributed by atoms with Crippen LogP contribution in [-0.4, -0.2) is 39.3 Å². The highest BCUT2D eigenvalue weighted by atomic mass is 19.4. The summed E-state index contributed by atoms with van der Waals surface area (Å²) in [4.78, 5) is 36.1. The highest BCUT2D eigenvalue weighted by Gasteiger charge is 2.45. The van der Waals surface area contributed by atoms with Crippen molar-refractivity contribution in [2.24, 2.45) is 11.8 Å². The highest BCUT2D eigenvalue weighted by Crippen LogP contribution is 2.39. The Kier molecular flexibility index (Phi) is 9.00. The van der Waals surface area contributed by atoms with Crippen LogP contribution in [0.25, 0.3) is 0 Å². The summed E-state index contributed by atoms with van der Waals surface area (Å²) in [6.45, 7) is 1.88. The number of halogens is 3. The van der Waals surface area contributed by atoms with Crippen molar-refractivity contribution < 1.29 is 37.8 Å². The van der Waals surface area contributed by atoms with E-state index in [1.165, 1.54) is 12.8 Å². The van der Waals surface area contributed by atoms with Crippen molar-refractivity contribution in [3.63, 3.8) is 0 Å². The zero-order chi connectivity index (χ0) is 29.7. The van der Waals surface area contributed by atoms with E-state index in [-0.39, 0.29) is 11.5 Å². The third-order valence-electron chi connectivity index (χ3n) is 7.32. The molecule has 2 aliphatic rings. The Labute approximate surface area is 235 Å². The molecule has 1 aliphatic carbocycles. The largest absolute Gasteiger partial charge is 0.503 e. The Morgan fingerprint density at radius 2 is 1.63 bits per heavy atom. The number of benzene rings is 3. The van der Waals surface area contributed by atoms with Gasteiger partial charge in [-0.1, -0.05) is 61.5 Å². The molecule has 216 valence electrons. The molecule has 0 bridgehead atoms. The summed E-state index contributed by atoms with van der Waals surface area (Å²) in [6, 6.07) is 21.3. The Hall–Kier alpha value is -4.34. The molecule has 1 saturated carbocycles. The minimum atomic E-state index is -4.54. The van der Waals surface area contributed by atoms with E-state index in [9.17, 15) is 22.8 Å². The first kappa shape index (κ1) is 29.6. The van der Waals surface area contributed by atoms with E-state index in [1.54, 1.807) is 41.3 Å². The second-order valence-electron chi connectivity index (χ2n) is 10.5. The predicted molar refractivity (Wildman–Crippen MR) is 147 cm³/mol. The number of hydrogen-bond acceptors (Lipinski definition) is 3. The van der Waals surface area contributed by atoms with Crippen LogP contribution in [0.5, 0.6) is 0 Å². The monoisotopic (exact) mass is 568 g/mol. The quantitative estimate of drug-likeness (QED) is 0.273. The van der Waals surface area contributed by atoms with E-state index in [0.717, 1.165) is 30.0 Å². The molecule has 10 heteroatoms. The fourth-order valence-corrected chi connectivity index (χ4v) is 5.00. The summed E-state index contributed by atoms with van der Waals surface area (Å²) in [5.41, 5.74) is 4.29. The van der Waals surface area contributed by atoms with Gasteiger partial charge in [0.1, 0.15) is 0 Å². The molecule has 1 heterocycles. The summed E-state index contributed by atoms with van der Waals surface area (Å²) in [5, 5.41) is 16.7. The number of amides is 2. The first-order valence-electron chi connectivity index (χ1n) is 13.3. The number of hydrogen-bond donors (Lipinski definition) is 3. The van der Waals surface area contributed by atoms with E-state index in [0.29, 0.717) is 30.3 Å². The van der Waals surface area contributed by atoms with Crippen LogP contribution in [0.3, 0.4) is 0 Å². The molecule has 1 fully saturated rings. The van der Waals surface area contributed by atoms with Gasteiger partial charge in [-0.05, 0) is 65.6 Å². The highest BCUT2D eigenvalue weighted by molar-refractivity contribution is 5.98. The number of rotatable bonds is 8. The van der Waals surface area contributed by atoms with Gasteiger partial charge in [-0.15, -0.1) is 0 Å². The van der Waals surface area contributed by atoms with Crippen LogP contribution in [0.1, 0.15) is 58.3 Å². The van der Waals surface area contributed by atoms with E-state index in [1.807, 2.05) is 36.4 Å². The van der Waals surface area contributed by atoms with E-state index in [2.05, 4.69) is 5.32 Å². The number of fused-ring (bicyclic) bond motifs is 1. The maximum atomic E-state index is 13.8. The topological polar surface area (TPSA) is 107 Å².